The number of nitrogens with zero attached hydrogens (tertiary/aromatic N) is 5. The van der Waals surface area contributed by atoms with E-state index in [0.717, 1.165) is 17.7 Å². The van der Waals surface area contributed by atoms with E-state index in [4.69, 9.17) is 4.42 Å². The first-order valence-electron chi connectivity index (χ1n) is 9.47. The first kappa shape index (κ1) is 18.3. The van der Waals surface area contributed by atoms with E-state index in [1.54, 1.807) is 31.6 Å². The Hall–Kier alpha value is -3.69. The summed E-state index contributed by atoms with van der Waals surface area (Å²) in [5.74, 6) is -0.676. The van der Waals surface area contributed by atoms with E-state index in [-0.39, 0.29) is 41.8 Å². The number of carbonyl (C=O) groups is 2. The molecular formula is C20H17FN6O3. The van der Waals surface area contributed by atoms with Gasteiger partial charge in [-0.05, 0) is 30.0 Å². The van der Waals surface area contributed by atoms with E-state index < -0.39 is 11.9 Å². The second-order valence-corrected chi connectivity index (χ2v) is 7.42. The van der Waals surface area contributed by atoms with Crippen LogP contribution in [0.1, 0.15) is 40.2 Å². The molecule has 1 fully saturated rings. The maximum Gasteiger partial charge on any atom is 0.309 e. The van der Waals surface area contributed by atoms with Gasteiger partial charge in [-0.25, -0.2) is 9.37 Å². The molecule has 0 unspecified atom stereocenters. The SMILES string of the molecule is CN1C(=O)[C@@H](NC(=O)c2nnc(Cc3ccc(F)cc3)o2)[C@H]2C[C@H]2c2nccnc21. The number of carbonyl (C=O) groups excluding carboxylic acids is 2. The van der Waals surface area contributed by atoms with Crippen molar-refractivity contribution in [3.05, 3.63) is 65.5 Å². The van der Waals surface area contributed by atoms with Gasteiger partial charge in [0.25, 0.3) is 5.91 Å². The topological polar surface area (TPSA) is 114 Å². The molecule has 0 spiro atoms. The fourth-order valence-corrected chi connectivity index (χ4v) is 3.82. The zero-order valence-electron chi connectivity index (χ0n) is 15.9. The smallest absolute Gasteiger partial charge is 0.309 e. The second-order valence-electron chi connectivity index (χ2n) is 7.42. The fraction of sp³-hybridized carbons (Fsp3) is 0.300. The van der Waals surface area contributed by atoms with Crippen LogP contribution in [0, 0.1) is 11.7 Å². The van der Waals surface area contributed by atoms with Crippen LogP contribution >= 0.6 is 0 Å². The number of fused-ring (bicyclic) bond motifs is 3. The first-order valence-corrected chi connectivity index (χ1v) is 9.47. The highest BCUT2D eigenvalue weighted by Crippen LogP contribution is 2.53. The highest BCUT2D eigenvalue weighted by atomic mass is 19.1. The lowest BCUT2D eigenvalue weighted by Crippen LogP contribution is -2.48. The van der Waals surface area contributed by atoms with Crippen molar-refractivity contribution < 1.29 is 18.4 Å². The van der Waals surface area contributed by atoms with Gasteiger partial charge in [-0.1, -0.05) is 12.1 Å². The van der Waals surface area contributed by atoms with E-state index in [0.29, 0.717) is 5.82 Å². The molecule has 2 amide bonds. The normalized spacial score (nSPS) is 22.1. The van der Waals surface area contributed by atoms with Crippen LogP contribution in [0.2, 0.25) is 0 Å². The van der Waals surface area contributed by atoms with Gasteiger partial charge in [0, 0.05) is 25.4 Å². The van der Waals surface area contributed by atoms with Crippen molar-refractivity contribution in [3.8, 4) is 0 Å². The molecule has 1 saturated carbocycles. The molecule has 1 aliphatic heterocycles. The van der Waals surface area contributed by atoms with Gasteiger partial charge in [0.15, 0.2) is 5.82 Å². The summed E-state index contributed by atoms with van der Waals surface area (Å²) in [6, 6.07) is 5.15. The maximum absolute atomic E-state index is 13.0. The van der Waals surface area contributed by atoms with Crippen molar-refractivity contribution in [3.63, 3.8) is 0 Å². The Balaban J connectivity index is 1.31. The van der Waals surface area contributed by atoms with Gasteiger partial charge in [0.2, 0.25) is 5.89 Å². The van der Waals surface area contributed by atoms with E-state index in [1.165, 1.54) is 17.0 Å². The van der Waals surface area contributed by atoms with Crippen LogP contribution in [-0.4, -0.2) is 45.1 Å². The minimum atomic E-state index is -0.726. The Morgan fingerprint density at radius 2 is 2.00 bits per heavy atom. The third-order valence-corrected chi connectivity index (χ3v) is 5.46. The number of hydrogen-bond acceptors (Lipinski definition) is 7. The average Bonchev–Trinajstić information content (AvgIpc) is 3.42. The number of anilines is 1. The molecule has 0 bridgehead atoms. The molecule has 0 saturated heterocycles. The van der Waals surface area contributed by atoms with Crippen LogP contribution in [0.5, 0.6) is 0 Å². The molecule has 3 heterocycles. The van der Waals surface area contributed by atoms with Crippen LogP contribution < -0.4 is 10.2 Å². The Morgan fingerprint density at radius 1 is 1.23 bits per heavy atom. The van der Waals surface area contributed by atoms with Crippen LogP contribution in [0.4, 0.5) is 10.2 Å². The zero-order chi connectivity index (χ0) is 20.8. The third-order valence-electron chi connectivity index (χ3n) is 5.46. The highest BCUT2D eigenvalue weighted by molar-refractivity contribution is 6.02. The minimum Gasteiger partial charge on any atom is -0.417 e. The average molecular weight is 408 g/mol. The molecule has 2 aliphatic rings. The number of amides is 2. The summed E-state index contributed by atoms with van der Waals surface area (Å²) in [6.45, 7) is 0. The molecule has 152 valence electrons. The molecule has 2 aromatic heterocycles. The third kappa shape index (κ3) is 3.19. The minimum absolute atomic E-state index is 0.0524. The van der Waals surface area contributed by atoms with Gasteiger partial charge >= 0.3 is 11.8 Å². The number of benzene rings is 1. The summed E-state index contributed by atoms with van der Waals surface area (Å²) >= 11 is 0. The molecule has 0 radical (unpaired) electrons. The number of likely N-dealkylation sites (N-methyl/N-ethyl adjacent to an activating group) is 1. The molecule has 1 aliphatic carbocycles. The number of rotatable bonds is 4. The number of halogens is 1. The monoisotopic (exact) mass is 408 g/mol. The van der Waals surface area contributed by atoms with Crippen molar-refractivity contribution >= 4 is 17.6 Å². The lowest BCUT2D eigenvalue weighted by atomic mass is 10.1. The fourth-order valence-electron chi connectivity index (χ4n) is 3.82. The van der Waals surface area contributed by atoms with Gasteiger partial charge in [-0.2, -0.15) is 0 Å². The maximum atomic E-state index is 13.0. The molecule has 3 aromatic rings. The Morgan fingerprint density at radius 3 is 2.80 bits per heavy atom. The summed E-state index contributed by atoms with van der Waals surface area (Å²) < 4.78 is 18.5. The predicted molar refractivity (Wildman–Crippen MR) is 101 cm³/mol. The molecule has 9 nitrogen and oxygen atoms in total. The van der Waals surface area contributed by atoms with Gasteiger partial charge in [-0.15, -0.1) is 10.2 Å². The van der Waals surface area contributed by atoms with Crippen LogP contribution in [-0.2, 0) is 11.2 Å². The van der Waals surface area contributed by atoms with E-state index in [2.05, 4.69) is 25.5 Å². The quantitative estimate of drug-likeness (QED) is 0.695. The molecular weight excluding hydrogens is 391 g/mol. The summed E-state index contributed by atoms with van der Waals surface area (Å²) in [4.78, 5) is 35.7. The van der Waals surface area contributed by atoms with Gasteiger partial charge in [0.05, 0.1) is 12.1 Å². The Bertz CT molecular complexity index is 1130. The second kappa shape index (κ2) is 6.97. The molecule has 5 rings (SSSR count). The molecule has 30 heavy (non-hydrogen) atoms. The number of hydrogen-bond donors (Lipinski definition) is 1. The Labute approximate surface area is 170 Å². The lowest BCUT2D eigenvalue weighted by Gasteiger charge is -2.21. The Kier molecular flexibility index (Phi) is 4.27. The van der Waals surface area contributed by atoms with Crippen molar-refractivity contribution in [1.29, 1.82) is 0 Å². The van der Waals surface area contributed by atoms with E-state index >= 15 is 0 Å². The van der Waals surface area contributed by atoms with Crippen LogP contribution in [0.25, 0.3) is 0 Å². The summed E-state index contributed by atoms with van der Waals surface area (Å²) in [5, 5.41) is 10.4. The van der Waals surface area contributed by atoms with Gasteiger partial charge in [-0.3, -0.25) is 19.5 Å². The molecule has 10 heteroatoms. The predicted octanol–water partition coefficient (Wildman–Crippen LogP) is 1.47. The van der Waals surface area contributed by atoms with E-state index in [1.807, 2.05) is 0 Å². The lowest BCUT2D eigenvalue weighted by molar-refractivity contribution is -0.120. The van der Waals surface area contributed by atoms with Gasteiger partial charge in [0.1, 0.15) is 11.9 Å². The molecule has 3 atom stereocenters. The van der Waals surface area contributed by atoms with Crippen LogP contribution in [0.15, 0.2) is 41.1 Å². The van der Waals surface area contributed by atoms with Crippen molar-refractivity contribution in [2.45, 2.75) is 24.8 Å². The summed E-state index contributed by atoms with van der Waals surface area (Å²) in [6.07, 6.45) is 4.16. The van der Waals surface area contributed by atoms with Crippen molar-refractivity contribution in [2.24, 2.45) is 5.92 Å². The van der Waals surface area contributed by atoms with Gasteiger partial charge < -0.3 is 9.73 Å². The van der Waals surface area contributed by atoms with Crippen molar-refractivity contribution in [1.82, 2.24) is 25.5 Å². The number of aromatic nitrogens is 4. The standard InChI is InChI=1S/C20H17FN6O3/c1-27-17-15(22-6-7-23-17)12-9-13(12)16(20(27)29)24-18(28)19-26-25-14(30-19)8-10-2-4-11(21)5-3-10/h2-7,12-13,16H,8-9H2,1H3,(H,24,28)/t12-,13+,16+/m1/s1. The number of nitrogens with one attached hydrogen (secondary N) is 1. The zero-order valence-corrected chi connectivity index (χ0v) is 15.9. The van der Waals surface area contributed by atoms with Crippen molar-refractivity contribution in [2.75, 3.05) is 11.9 Å². The largest absolute Gasteiger partial charge is 0.417 e. The summed E-state index contributed by atoms with van der Waals surface area (Å²) in [7, 11) is 1.62. The molecule has 1 aromatic carbocycles. The molecule has 1 N–H and O–H groups in total. The van der Waals surface area contributed by atoms with Crippen LogP contribution in [0.3, 0.4) is 0 Å². The first-order chi connectivity index (χ1) is 14.5. The highest BCUT2D eigenvalue weighted by Gasteiger charge is 2.53. The van der Waals surface area contributed by atoms with E-state index in [9.17, 15) is 14.0 Å². The summed E-state index contributed by atoms with van der Waals surface area (Å²) in [5.41, 5.74) is 1.54.